The molecule has 0 unspecified atom stereocenters. The van der Waals surface area contributed by atoms with Crippen molar-refractivity contribution in [3.63, 3.8) is 0 Å². The van der Waals surface area contributed by atoms with Crippen molar-refractivity contribution in [2.75, 3.05) is 11.9 Å². The fraction of sp³-hybridized carbons (Fsp3) is 0.333. The molecule has 0 aliphatic heterocycles. The summed E-state index contributed by atoms with van der Waals surface area (Å²) in [4.78, 5) is 32.0. The molecule has 9 heteroatoms. The van der Waals surface area contributed by atoms with Crippen molar-refractivity contribution >= 4 is 23.4 Å². The lowest BCUT2D eigenvalue weighted by Gasteiger charge is -2.19. The van der Waals surface area contributed by atoms with E-state index in [1.807, 2.05) is 0 Å². The van der Waals surface area contributed by atoms with Crippen molar-refractivity contribution in [3.8, 4) is 0 Å². The molecule has 0 saturated carbocycles. The fourth-order valence-corrected chi connectivity index (χ4v) is 1.28. The number of hydrogen-bond donors (Lipinski definition) is 3. The van der Waals surface area contributed by atoms with E-state index < -0.39 is 33.8 Å². The molecule has 0 bridgehead atoms. The number of aliphatic carboxylic acids is 1. The molecule has 0 aliphatic rings. The first-order valence-corrected chi connectivity index (χ1v) is 5.85. The van der Waals surface area contributed by atoms with Gasteiger partial charge in [-0.15, -0.1) is 0 Å². The van der Waals surface area contributed by atoms with Gasteiger partial charge in [0, 0.05) is 24.4 Å². The van der Waals surface area contributed by atoms with Crippen LogP contribution in [0.3, 0.4) is 0 Å². The van der Waals surface area contributed by atoms with E-state index in [0.29, 0.717) is 0 Å². The first-order valence-electron chi connectivity index (χ1n) is 5.85. The molecule has 0 atom stereocenters. The molecule has 3 N–H and O–H groups in total. The number of nitrogens with zero attached hydrogens (tertiary/aromatic N) is 1. The number of halogens is 1. The van der Waals surface area contributed by atoms with Gasteiger partial charge in [-0.1, -0.05) is 0 Å². The van der Waals surface area contributed by atoms with Gasteiger partial charge in [0.15, 0.2) is 0 Å². The lowest BCUT2D eigenvalue weighted by Crippen LogP contribution is -2.40. The molecule has 1 aromatic carbocycles. The van der Waals surface area contributed by atoms with Crippen LogP contribution in [0.5, 0.6) is 0 Å². The molecule has 0 fully saturated rings. The zero-order chi connectivity index (χ0) is 16.2. The monoisotopic (exact) mass is 299 g/mol. The Kier molecular flexibility index (Phi) is 4.79. The molecule has 0 heterocycles. The normalized spacial score (nSPS) is 10.8. The summed E-state index contributed by atoms with van der Waals surface area (Å²) in [6.45, 7) is 2.73. The number of nitro benzene ring substituents is 1. The zero-order valence-corrected chi connectivity index (χ0v) is 11.3. The number of anilines is 1. The van der Waals surface area contributed by atoms with Gasteiger partial charge in [-0.2, -0.15) is 4.39 Å². The van der Waals surface area contributed by atoms with Crippen LogP contribution in [0.15, 0.2) is 18.2 Å². The van der Waals surface area contributed by atoms with Crippen LogP contribution in [0.25, 0.3) is 0 Å². The van der Waals surface area contributed by atoms with Gasteiger partial charge in [0.05, 0.1) is 10.3 Å². The standard InChI is InChI=1S/C12H14FN3O5/c1-12(2,10(17)18)6-14-11(19)15-7-3-4-9(16(20)21)8(13)5-7/h3-5H,6H2,1-2H3,(H,17,18)(H2,14,15,19). The highest BCUT2D eigenvalue weighted by atomic mass is 19.1. The third-order valence-corrected chi connectivity index (χ3v) is 2.67. The number of rotatable bonds is 5. The number of urea groups is 1. The van der Waals surface area contributed by atoms with Crippen molar-refractivity contribution in [3.05, 3.63) is 34.1 Å². The van der Waals surface area contributed by atoms with Crippen LogP contribution in [0, 0.1) is 21.3 Å². The first kappa shape index (κ1) is 16.3. The summed E-state index contributed by atoms with van der Waals surface area (Å²) in [6.07, 6.45) is 0. The van der Waals surface area contributed by atoms with Crippen molar-refractivity contribution in [2.45, 2.75) is 13.8 Å². The molecule has 21 heavy (non-hydrogen) atoms. The molecule has 0 saturated heterocycles. The Morgan fingerprint density at radius 1 is 1.43 bits per heavy atom. The quantitative estimate of drug-likeness (QED) is 0.566. The van der Waals surface area contributed by atoms with Crippen LogP contribution >= 0.6 is 0 Å². The number of amides is 2. The van der Waals surface area contributed by atoms with Gasteiger partial charge in [0.25, 0.3) is 0 Å². The van der Waals surface area contributed by atoms with E-state index in [1.165, 1.54) is 19.9 Å². The summed E-state index contributed by atoms with van der Waals surface area (Å²) in [6, 6.07) is 2.16. The van der Waals surface area contributed by atoms with E-state index in [-0.39, 0.29) is 12.2 Å². The number of benzene rings is 1. The Balaban J connectivity index is 2.66. The maximum absolute atomic E-state index is 13.3. The van der Waals surface area contributed by atoms with Gasteiger partial charge in [0.2, 0.25) is 5.82 Å². The minimum Gasteiger partial charge on any atom is -0.481 e. The van der Waals surface area contributed by atoms with Gasteiger partial charge < -0.3 is 15.7 Å². The molecule has 0 aliphatic carbocycles. The van der Waals surface area contributed by atoms with Crippen LogP contribution in [-0.2, 0) is 4.79 Å². The molecule has 8 nitrogen and oxygen atoms in total. The van der Waals surface area contributed by atoms with Gasteiger partial charge in [0.1, 0.15) is 0 Å². The predicted octanol–water partition coefficient (Wildman–Crippen LogP) is 1.97. The number of carbonyl (C=O) groups excluding carboxylic acids is 1. The Labute approximate surface area is 119 Å². The number of nitro groups is 1. The number of carboxylic acids is 1. The number of nitrogens with one attached hydrogen (secondary N) is 2. The zero-order valence-electron chi connectivity index (χ0n) is 11.3. The first-order chi connectivity index (χ1) is 9.63. The van der Waals surface area contributed by atoms with Crippen LogP contribution < -0.4 is 10.6 Å². The highest BCUT2D eigenvalue weighted by Crippen LogP contribution is 2.20. The van der Waals surface area contributed by atoms with Gasteiger partial charge in [-0.05, 0) is 19.9 Å². The Bertz CT molecular complexity index is 588. The molecule has 1 rings (SSSR count). The van der Waals surface area contributed by atoms with Crippen molar-refractivity contribution in [1.82, 2.24) is 5.32 Å². The van der Waals surface area contributed by atoms with E-state index in [4.69, 9.17) is 5.11 Å². The van der Waals surface area contributed by atoms with Crippen LogP contribution in [-0.4, -0.2) is 28.6 Å². The van der Waals surface area contributed by atoms with Crippen LogP contribution in [0.4, 0.5) is 20.6 Å². The number of carboxylic acid groups (broad SMARTS) is 1. The Morgan fingerprint density at radius 3 is 2.52 bits per heavy atom. The molecule has 114 valence electrons. The lowest BCUT2D eigenvalue weighted by atomic mass is 9.94. The molecule has 0 aromatic heterocycles. The number of hydrogen-bond acceptors (Lipinski definition) is 4. The summed E-state index contributed by atoms with van der Waals surface area (Å²) < 4.78 is 13.3. The van der Waals surface area contributed by atoms with E-state index in [0.717, 1.165) is 12.1 Å². The van der Waals surface area contributed by atoms with E-state index >= 15 is 0 Å². The smallest absolute Gasteiger partial charge is 0.319 e. The molecular weight excluding hydrogens is 285 g/mol. The topological polar surface area (TPSA) is 122 Å². The third kappa shape index (κ3) is 4.41. The SMILES string of the molecule is CC(C)(CNC(=O)Nc1ccc([N+](=O)[O-])c(F)c1)C(=O)O. The lowest BCUT2D eigenvalue weighted by molar-refractivity contribution is -0.387. The second kappa shape index (κ2) is 6.16. The number of carbonyl (C=O) groups is 2. The highest BCUT2D eigenvalue weighted by molar-refractivity contribution is 5.89. The highest BCUT2D eigenvalue weighted by Gasteiger charge is 2.27. The summed E-state index contributed by atoms with van der Waals surface area (Å²) in [5.41, 5.74) is -1.84. The maximum atomic E-state index is 13.3. The summed E-state index contributed by atoms with van der Waals surface area (Å²) in [5.74, 6) is -2.16. The molecule has 1 aromatic rings. The summed E-state index contributed by atoms with van der Waals surface area (Å²) >= 11 is 0. The largest absolute Gasteiger partial charge is 0.481 e. The van der Waals surface area contributed by atoms with Crippen LogP contribution in [0.1, 0.15) is 13.8 Å². The van der Waals surface area contributed by atoms with Crippen LogP contribution in [0.2, 0.25) is 0 Å². The van der Waals surface area contributed by atoms with E-state index in [2.05, 4.69) is 10.6 Å². The fourth-order valence-electron chi connectivity index (χ4n) is 1.28. The van der Waals surface area contributed by atoms with E-state index in [9.17, 15) is 24.1 Å². The maximum Gasteiger partial charge on any atom is 0.319 e. The molecular formula is C12H14FN3O5. The second-order valence-corrected chi connectivity index (χ2v) is 4.92. The molecule has 2 amide bonds. The second-order valence-electron chi connectivity index (χ2n) is 4.92. The predicted molar refractivity (Wildman–Crippen MR) is 71.5 cm³/mol. The Hall–Kier alpha value is -2.71. The van der Waals surface area contributed by atoms with Crippen molar-refractivity contribution in [2.24, 2.45) is 5.41 Å². The third-order valence-electron chi connectivity index (χ3n) is 2.67. The van der Waals surface area contributed by atoms with Crippen molar-refractivity contribution < 1.29 is 24.0 Å². The minimum atomic E-state index is -1.15. The molecule has 0 spiro atoms. The average Bonchev–Trinajstić information content (AvgIpc) is 2.36. The van der Waals surface area contributed by atoms with Crippen molar-refractivity contribution in [1.29, 1.82) is 0 Å². The summed E-state index contributed by atoms with van der Waals surface area (Å²) in [7, 11) is 0. The summed E-state index contributed by atoms with van der Waals surface area (Å²) in [5, 5.41) is 23.9. The van der Waals surface area contributed by atoms with E-state index in [1.54, 1.807) is 0 Å². The average molecular weight is 299 g/mol. The Morgan fingerprint density at radius 2 is 2.05 bits per heavy atom. The van der Waals surface area contributed by atoms with Gasteiger partial charge in [-0.3, -0.25) is 14.9 Å². The van der Waals surface area contributed by atoms with Gasteiger partial charge >= 0.3 is 17.7 Å². The minimum absolute atomic E-state index is 0.0173. The molecule has 0 radical (unpaired) electrons. The van der Waals surface area contributed by atoms with Gasteiger partial charge in [-0.25, -0.2) is 4.79 Å².